The van der Waals surface area contributed by atoms with Crippen LogP contribution in [0.25, 0.3) is 0 Å². The van der Waals surface area contributed by atoms with Gasteiger partial charge in [-0.15, -0.1) is 0 Å². The Labute approximate surface area is 208 Å². The zero-order chi connectivity index (χ0) is 25.1. The fourth-order valence-corrected chi connectivity index (χ4v) is 4.67. The van der Waals surface area contributed by atoms with Gasteiger partial charge in [0, 0.05) is 31.1 Å². The third-order valence-corrected chi connectivity index (χ3v) is 6.91. The molecule has 2 rings (SSSR count). The molecule has 186 valence electrons. The molecule has 2 amide bonds. The maximum absolute atomic E-state index is 13.2. The first kappa shape index (κ1) is 27.7. The highest BCUT2D eigenvalue weighted by Gasteiger charge is 2.26. The van der Waals surface area contributed by atoms with Gasteiger partial charge in [0.1, 0.15) is 6.04 Å². The molecule has 0 bridgehead atoms. The number of nitrogens with zero attached hydrogens (tertiary/aromatic N) is 2. The lowest BCUT2D eigenvalue weighted by atomic mass is 10.1. The van der Waals surface area contributed by atoms with Crippen LogP contribution >= 0.6 is 11.6 Å². The predicted molar refractivity (Wildman–Crippen MR) is 137 cm³/mol. The molecule has 1 atom stereocenters. The molecule has 2 aromatic rings. The van der Waals surface area contributed by atoms with Crippen molar-refractivity contribution < 1.29 is 18.0 Å². The van der Waals surface area contributed by atoms with Crippen molar-refractivity contribution in [3.05, 3.63) is 65.2 Å². The Morgan fingerprint density at radius 2 is 1.68 bits per heavy atom. The average Bonchev–Trinajstić information content (AvgIpc) is 2.81. The normalized spacial score (nSPS) is 12.1. The van der Waals surface area contributed by atoms with Crippen LogP contribution in [-0.4, -0.2) is 57.1 Å². The molecule has 0 saturated carbocycles. The maximum Gasteiger partial charge on any atom is 0.242 e. The van der Waals surface area contributed by atoms with Gasteiger partial charge in [-0.25, -0.2) is 8.42 Å². The number of benzene rings is 2. The molecule has 0 aromatic heterocycles. The van der Waals surface area contributed by atoms with Crippen molar-refractivity contribution in [2.24, 2.45) is 0 Å². The third kappa shape index (κ3) is 8.65. The lowest BCUT2D eigenvalue weighted by Crippen LogP contribution is -2.49. The van der Waals surface area contributed by atoms with Crippen LogP contribution in [0.1, 0.15) is 38.7 Å². The van der Waals surface area contributed by atoms with Gasteiger partial charge in [0.05, 0.1) is 11.9 Å². The fraction of sp³-hybridized carbons (Fsp3) is 0.440. The van der Waals surface area contributed by atoms with E-state index >= 15 is 0 Å². The molecule has 0 aliphatic heterocycles. The lowest BCUT2D eigenvalue weighted by Gasteiger charge is -2.29. The fourth-order valence-electron chi connectivity index (χ4n) is 3.58. The summed E-state index contributed by atoms with van der Waals surface area (Å²) in [5, 5.41) is 3.37. The standard InChI is InChI=1S/C25H34ClN3O4S/c1-4-17-27-25(31)20(2)28(19-16-21-9-6-5-7-10-21)24(30)11-8-18-29(34(3,32)33)23-14-12-22(26)13-15-23/h5-7,9-10,12-15,20H,4,8,11,16-19H2,1-3H3,(H,27,31). The Balaban J connectivity index is 2.08. The van der Waals surface area contributed by atoms with E-state index < -0.39 is 16.1 Å². The van der Waals surface area contributed by atoms with Crippen LogP contribution in [0.3, 0.4) is 0 Å². The number of hydrogen-bond acceptors (Lipinski definition) is 4. The van der Waals surface area contributed by atoms with Gasteiger partial charge in [0.15, 0.2) is 0 Å². The summed E-state index contributed by atoms with van der Waals surface area (Å²) >= 11 is 5.92. The first-order valence-corrected chi connectivity index (χ1v) is 13.7. The quantitative estimate of drug-likeness (QED) is 0.446. The summed E-state index contributed by atoms with van der Waals surface area (Å²) in [6.45, 7) is 4.79. The van der Waals surface area contributed by atoms with E-state index in [1.165, 1.54) is 4.31 Å². The Kier molecular flexibility index (Phi) is 10.9. The summed E-state index contributed by atoms with van der Waals surface area (Å²) in [6, 6.07) is 15.7. The van der Waals surface area contributed by atoms with Crippen LogP contribution < -0.4 is 9.62 Å². The van der Waals surface area contributed by atoms with E-state index in [1.54, 1.807) is 36.1 Å². The molecule has 9 heteroatoms. The van der Waals surface area contributed by atoms with Gasteiger partial charge in [0.2, 0.25) is 21.8 Å². The second-order valence-electron chi connectivity index (χ2n) is 8.20. The van der Waals surface area contributed by atoms with E-state index in [1.807, 2.05) is 37.3 Å². The Morgan fingerprint density at radius 3 is 2.26 bits per heavy atom. The van der Waals surface area contributed by atoms with Gasteiger partial charge in [0.25, 0.3) is 0 Å². The van der Waals surface area contributed by atoms with E-state index in [9.17, 15) is 18.0 Å². The molecule has 0 aliphatic carbocycles. The van der Waals surface area contributed by atoms with Crippen molar-refractivity contribution in [2.75, 3.05) is 30.2 Å². The van der Waals surface area contributed by atoms with Gasteiger partial charge < -0.3 is 10.2 Å². The minimum absolute atomic E-state index is 0.125. The summed E-state index contributed by atoms with van der Waals surface area (Å²) in [4.78, 5) is 27.3. The van der Waals surface area contributed by atoms with Crippen molar-refractivity contribution in [2.45, 2.75) is 45.6 Å². The third-order valence-electron chi connectivity index (χ3n) is 5.47. The number of carbonyl (C=O) groups is 2. The van der Waals surface area contributed by atoms with Crippen LogP contribution in [0, 0.1) is 0 Å². The summed E-state index contributed by atoms with van der Waals surface area (Å²) in [5.74, 6) is -0.373. The van der Waals surface area contributed by atoms with E-state index in [0.29, 0.717) is 36.6 Å². The molecule has 1 N–H and O–H groups in total. The van der Waals surface area contributed by atoms with Crippen molar-refractivity contribution in [1.82, 2.24) is 10.2 Å². The molecule has 0 heterocycles. The van der Waals surface area contributed by atoms with Gasteiger partial charge in [-0.05, 0) is 56.0 Å². The molecule has 0 saturated heterocycles. The molecule has 1 unspecified atom stereocenters. The van der Waals surface area contributed by atoms with E-state index in [2.05, 4.69) is 5.32 Å². The molecule has 0 fully saturated rings. The van der Waals surface area contributed by atoms with Crippen LogP contribution in [-0.2, 0) is 26.0 Å². The van der Waals surface area contributed by atoms with Crippen molar-refractivity contribution in [1.29, 1.82) is 0 Å². The van der Waals surface area contributed by atoms with Crippen LogP contribution in [0.2, 0.25) is 5.02 Å². The number of hydrogen-bond donors (Lipinski definition) is 1. The monoisotopic (exact) mass is 507 g/mol. The van der Waals surface area contributed by atoms with Crippen molar-refractivity contribution in [3.63, 3.8) is 0 Å². The smallest absolute Gasteiger partial charge is 0.242 e. The molecule has 0 aliphatic rings. The number of halogens is 1. The summed E-state index contributed by atoms with van der Waals surface area (Å²) in [6.07, 6.45) is 3.01. The molecule has 0 spiro atoms. The number of nitrogens with one attached hydrogen (secondary N) is 1. The van der Waals surface area contributed by atoms with Crippen molar-refractivity contribution >= 4 is 39.1 Å². The summed E-state index contributed by atoms with van der Waals surface area (Å²) in [7, 11) is -3.53. The Hall–Kier alpha value is -2.58. The van der Waals surface area contributed by atoms with Crippen LogP contribution in [0.15, 0.2) is 54.6 Å². The highest BCUT2D eigenvalue weighted by molar-refractivity contribution is 7.92. The second kappa shape index (κ2) is 13.3. The minimum atomic E-state index is -3.53. The second-order valence-corrected chi connectivity index (χ2v) is 10.5. The van der Waals surface area contributed by atoms with Crippen molar-refractivity contribution in [3.8, 4) is 0 Å². The van der Waals surface area contributed by atoms with E-state index in [0.717, 1.165) is 18.2 Å². The van der Waals surface area contributed by atoms with Gasteiger partial charge in [-0.1, -0.05) is 48.9 Å². The first-order valence-electron chi connectivity index (χ1n) is 11.5. The molecule has 2 aromatic carbocycles. The SMILES string of the molecule is CCCNC(=O)C(C)N(CCc1ccccc1)C(=O)CCCN(c1ccc(Cl)cc1)S(C)(=O)=O. The zero-order valence-corrected chi connectivity index (χ0v) is 21.6. The molecular weight excluding hydrogens is 474 g/mol. The number of rotatable bonds is 13. The minimum Gasteiger partial charge on any atom is -0.354 e. The highest BCUT2D eigenvalue weighted by Crippen LogP contribution is 2.21. The molecule has 34 heavy (non-hydrogen) atoms. The first-order chi connectivity index (χ1) is 16.1. The van der Waals surface area contributed by atoms with E-state index in [-0.39, 0.29) is 24.8 Å². The number of amides is 2. The van der Waals surface area contributed by atoms with Gasteiger partial charge in [-0.3, -0.25) is 13.9 Å². The molecule has 7 nitrogen and oxygen atoms in total. The lowest BCUT2D eigenvalue weighted by molar-refractivity contribution is -0.139. The summed E-state index contributed by atoms with van der Waals surface area (Å²) in [5.41, 5.74) is 1.57. The van der Waals surface area contributed by atoms with Gasteiger partial charge >= 0.3 is 0 Å². The average molecular weight is 508 g/mol. The maximum atomic E-state index is 13.2. The molecular formula is C25H34ClN3O4S. The Morgan fingerprint density at radius 1 is 1.03 bits per heavy atom. The zero-order valence-electron chi connectivity index (χ0n) is 20.0. The van der Waals surface area contributed by atoms with Crippen LogP contribution in [0.4, 0.5) is 5.69 Å². The molecule has 0 radical (unpaired) electrons. The summed E-state index contributed by atoms with van der Waals surface area (Å²) < 4.78 is 25.9. The number of carbonyl (C=O) groups excluding carboxylic acids is 2. The number of anilines is 1. The number of sulfonamides is 1. The predicted octanol–water partition coefficient (Wildman–Crippen LogP) is 3.87. The van der Waals surface area contributed by atoms with E-state index in [4.69, 9.17) is 11.6 Å². The van der Waals surface area contributed by atoms with Crippen LogP contribution in [0.5, 0.6) is 0 Å². The topological polar surface area (TPSA) is 86.8 Å². The van der Waals surface area contributed by atoms with Gasteiger partial charge in [-0.2, -0.15) is 0 Å². The highest BCUT2D eigenvalue weighted by atomic mass is 35.5. The Bertz CT molecular complexity index is 1030. The largest absolute Gasteiger partial charge is 0.354 e.